The Morgan fingerprint density at radius 1 is 1.05 bits per heavy atom. The molecular formula is C16H13BrN2O. The molecule has 3 aromatic rings. The largest absolute Gasteiger partial charge is 0.319 e. The molecule has 0 spiro atoms. The van der Waals surface area contributed by atoms with E-state index >= 15 is 0 Å². The SMILES string of the molecule is Cc1cc2nc(-c3ccc(Br)cc3)c(=O)[nH]c2cc1C. The number of fused-ring (bicyclic) bond motifs is 1. The van der Waals surface area contributed by atoms with Gasteiger partial charge in [0.1, 0.15) is 5.69 Å². The van der Waals surface area contributed by atoms with Gasteiger partial charge in [-0.2, -0.15) is 0 Å². The van der Waals surface area contributed by atoms with Gasteiger partial charge in [0.2, 0.25) is 0 Å². The van der Waals surface area contributed by atoms with Gasteiger partial charge in [0, 0.05) is 10.0 Å². The van der Waals surface area contributed by atoms with E-state index in [4.69, 9.17) is 0 Å². The number of nitrogens with zero attached hydrogens (tertiary/aromatic N) is 1. The fourth-order valence-corrected chi connectivity index (χ4v) is 2.41. The summed E-state index contributed by atoms with van der Waals surface area (Å²) in [5, 5.41) is 0. The molecule has 3 nitrogen and oxygen atoms in total. The molecule has 3 rings (SSSR count). The standard InChI is InChI=1S/C16H13BrN2O/c1-9-7-13-14(8-10(9)2)19-16(20)15(18-13)11-3-5-12(17)6-4-11/h3-8H,1-2H3,(H,19,20). The van der Waals surface area contributed by atoms with Crippen LogP contribution in [0.4, 0.5) is 0 Å². The van der Waals surface area contributed by atoms with Gasteiger partial charge in [0.05, 0.1) is 11.0 Å². The summed E-state index contributed by atoms with van der Waals surface area (Å²) in [6.07, 6.45) is 0. The van der Waals surface area contributed by atoms with E-state index in [2.05, 4.69) is 25.9 Å². The number of hydrogen-bond acceptors (Lipinski definition) is 2. The predicted octanol–water partition coefficient (Wildman–Crippen LogP) is 3.97. The van der Waals surface area contributed by atoms with E-state index in [1.54, 1.807) is 0 Å². The lowest BCUT2D eigenvalue weighted by atomic mass is 10.1. The van der Waals surface area contributed by atoms with Gasteiger partial charge in [0.15, 0.2) is 0 Å². The highest BCUT2D eigenvalue weighted by atomic mass is 79.9. The first-order chi connectivity index (χ1) is 9.54. The summed E-state index contributed by atoms with van der Waals surface area (Å²) >= 11 is 3.39. The minimum absolute atomic E-state index is 0.164. The average Bonchev–Trinajstić information content (AvgIpc) is 2.41. The van der Waals surface area contributed by atoms with E-state index in [9.17, 15) is 4.79 Å². The average molecular weight is 329 g/mol. The molecule has 0 atom stereocenters. The van der Waals surface area contributed by atoms with E-state index in [0.717, 1.165) is 26.6 Å². The van der Waals surface area contributed by atoms with Crippen LogP contribution < -0.4 is 5.56 Å². The Balaban J connectivity index is 2.26. The summed E-state index contributed by atoms with van der Waals surface area (Å²) in [6.45, 7) is 4.07. The number of H-pyrrole nitrogens is 1. The van der Waals surface area contributed by atoms with Crippen LogP contribution in [-0.4, -0.2) is 9.97 Å². The van der Waals surface area contributed by atoms with Crippen LogP contribution in [0.25, 0.3) is 22.3 Å². The minimum atomic E-state index is -0.164. The quantitative estimate of drug-likeness (QED) is 0.734. The molecule has 20 heavy (non-hydrogen) atoms. The Kier molecular flexibility index (Phi) is 3.18. The Bertz CT molecular complexity index is 851. The molecule has 1 aromatic heterocycles. The van der Waals surface area contributed by atoms with Gasteiger partial charge in [0.25, 0.3) is 5.56 Å². The van der Waals surface area contributed by atoms with Crippen molar-refractivity contribution in [1.29, 1.82) is 0 Å². The number of halogens is 1. The molecular weight excluding hydrogens is 316 g/mol. The topological polar surface area (TPSA) is 45.8 Å². The molecule has 0 saturated heterocycles. The number of rotatable bonds is 1. The molecule has 0 amide bonds. The van der Waals surface area contributed by atoms with Crippen molar-refractivity contribution in [3.63, 3.8) is 0 Å². The fraction of sp³-hybridized carbons (Fsp3) is 0.125. The molecule has 0 aliphatic heterocycles. The predicted molar refractivity (Wildman–Crippen MR) is 85.0 cm³/mol. The third kappa shape index (κ3) is 2.27. The zero-order valence-corrected chi connectivity index (χ0v) is 12.8. The van der Waals surface area contributed by atoms with E-state index in [1.165, 1.54) is 5.56 Å². The number of aromatic nitrogens is 2. The van der Waals surface area contributed by atoms with Gasteiger partial charge in [-0.25, -0.2) is 4.98 Å². The smallest absolute Gasteiger partial charge is 0.274 e. The lowest BCUT2D eigenvalue weighted by Gasteiger charge is -2.06. The number of aryl methyl sites for hydroxylation is 2. The van der Waals surface area contributed by atoms with Crippen LogP contribution in [0.2, 0.25) is 0 Å². The molecule has 0 saturated carbocycles. The molecule has 0 bridgehead atoms. The highest BCUT2D eigenvalue weighted by Gasteiger charge is 2.08. The van der Waals surface area contributed by atoms with Gasteiger partial charge in [-0.3, -0.25) is 4.79 Å². The first kappa shape index (κ1) is 13.1. The number of benzene rings is 2. The number of hydrogen-bond donors (Lipinski definition) is 1. The Hall–Kier alpha value is -1.94. The third-order valence-corrected chi connectivity index (χ3v) is 3.95. The lowest BCUT2D eigenvalue weighted by Crippen LogP contribution is -2.11. The summed E-state index contributed by atoms with van der Waals surface area (Å²) < 4.78 is 0.977. The van der Waals surface area contributed by atoms with Gasteiger partial charge >= 0.3 is 0 Å². The lowest BCUT2D eigenvalue weighted by molar-refractivity contribution is 1.20. The highest BCUT2D eigenvalue weighted by molar-refractivity contribution is 9.10. The monoisotopic (exact) mass is 328 g/mol. The normalized spacial score (nSPS) is 10.9. The van der Waals surface area contributed by atoms with Gasteiger partial charge in [-0.05, 0) is 49.2 Å². The first-order valence-corrected chi connectivity index (χ1v) is 7.11. The molecule has 100 valence electrons. The number of nitrogens with one attached hydrogen (secondary N) is 1. The molecule has 2 aromatic carbocycles. The maximum Gasteiger partial charge on any atom is 0.274 e. The third-order valence-electron chi connectivity index (χ3n) is 3.43. The van der Waals surface area contributed by atoms with Crippen LogP contribution in [-0.2, 0) is 0 Å². The molecule has 0 radical (unpaired) electrons. The van der Waals surface area contributed by atoms with Crippen LogP contribution in [0.3, 0.4) is 0 Å². The van der Waals surface area contributed by atoms with Crippen LogP contribution in [0.1, 0.15) is 11.1 Å². The van der Waals surface area contributed by atoms with E-state index in [0.29, 0.717) is 5.69 Å². The summed E-state index contributed by atoms with van der Waals surface area (Å²) in [5.74, 6) is 0. The molecule has 1 heterocycles. The van der Waals surface area contributed by atoms with E-state index in [1.807, 2.05) is 50.2 Å². The number of aromatic amines is 1. The maximum atomic E-state index is 12.2. The fourth-order valence-electron chi connectivity index (χ4n) is 2.15. The highest BCUT2D eigenvalue weighted by Crippen LogP contribution is 2.20. The van der Waals surface area contributed by atoms with Crippen molar-refractivity contribution in [2.75, 3.05) is 0 Å². The van der Waals surface area contributed by atoms with Crippen LogP contribution in [0.5, 0.6) is 0 Å². The van der Waals surface area contributed by atoms with E-state index < -0.39 is 0 Å². The molecule has 0 aliphatic rings. The summed E-state index contributed by atoms with van der Waals surface area (Å²) in [5.41, 5.74) is 5.00. The van der Waals surface area contributed by atoms with Gasteiger partial charge in [-0.1, -0.05) is 28.1 Å². The van der Waals surface area contributed by atoms with Crippen molar-refractivity contribution in [2.45, 2.75) is 13.8 Å². The summed E-state index contributed by atoms with van der Waals surface area (Å²) in [6, 6.07) is 11.5. The second kappa shape index (κ2) is 4.87. The van der Waals surface area contributed by atoms with Crippen LogP contribution >= 0.6 is 15.9 Å². The van der Waals surface area contributed by atoms with Gasteiger partial charge < -0.3 is 4.98 Å². The molecule has 4 heteroatoms. The molecule has 0 unspecified atom stereocenters. The molecule has 0 fully saturated rings. The zero-order chi connectivity index (χ0) is 14.3. The Labute approximate surface area is 124 Å². The van der Waals surface area contributed by atoms with E-state index in [-0.39, 0.29) is 5.56 Å². The van der Waals surface area contributed by atoms with Crippen molar-refractivity contribution >= 4 is 27.0 Å². The summed E-state index contributed by atoms with van der Waals surface area (Å²) in [4.78, 5) is 19.6. The zero-order valence-electron chi connectivity index (χ0n) is 11.2. The summed E-state index contributed by atoms with van der Waals surface area (Å²) in [7, 11) is 0. The van der Waals surface area contributed by atoms with Crippen molar-refractivity contribution in [3.05, 3.63) is 62.4 Å². The van der Waals surface area contributed by atoms with Crippen molar-refractivity contribution in [1.82, 2.24) is 9.97 Å². The van der Waals surface area contributed by atoms with Crippen LogP contribution in [0, 0.1) is 13.8 Å². The second-order valence-corrected chi connectivity index (χ2v) is 5.79. The van der Waals surface area contributed by atoms with Gasteiger partial charge in [-0.15, -0.1) is 0 Å². The minimum Gasteiger partial charge on any atom is -0.319 e. The first-order valence-electron chi connectivity index (χ1n) is 6.32. The Morgan fingerprint density at radius 3 is 2.40 bits per heavy atom. The maximum absolute atomic E-state index is 12.2. The van der Waals surface area contributed by atoms with Crippen LogP contribution in [0.15, 0.2) is 45.7 Å². The van der Waals surface area contributed by atoms with Crippen molar-refractivity contribution < 1.29 is 0 Å². The second-order valence-electron chi connectivity index (χ2n) is 4.88. The Morgan fingerprint density at radius 2 is 1.70 bits per heavy atom. The van der Waals surface area contributed by atoms with Crippen molar-refractivity contribution in [3.8, 4) is 11.3 Å². The molecule has 0 aliphatic carbocycles. The van der Waals surface area contributed by atoms with Crippen molar-refractivity contribution in [2.24, 2.45) is 0 Å². The molecule has 1 N–H and O–H groups in total.